The zero-order valence-electron chi connectivity index (χ0n) is 16.8. The Kier molecular flexibility index (Phi) is 17.5. The van der Waals surface area contributed by atoms with Crippen molar-refractivity contribution in [2.45, 2.75) is 96.8 Å². The molecule has 5 nitrogen and oxygen atoms in total. The Labute approximate surface area is 163 Å². The Morgan fingerprint density at radius 3 is 1.67 bits per heavy atom. The molecule has 0 amide bonds. The predicted octanol–water partition coefficient (Wildman–Crippen LogP) is 5.73. The van der Waals surface area contributed by atoms with Crippen LogP contribution in [0.15, 0.2) is 24.3 Å². The Hall–Kier alpha value is -1.91. The van der Waals surface area contributed by atoms with Crippen LogP contribution in [0, 0.1) is 0 Å². The second-order valence-electron chi connectivity index (χ2n) is 6.80. The molecule has 0 radical (unpaired) electrons. The summed E-state index contributed by atoms with van der Waals surface area (Å²) in [6, 6.07) is 0. The standard InChI is InChI=1S/C18H34O2.C4H2O3/c1-2-3-4-5-6-7-8-9-10-11-12-13-14-15-16-17-18(19)20;5-3-1-2-4(6)7-3/h9-10H,2-8,11-17H2,1H3,(H,19,20);1-2H. The van der Waals surface area contributed by atoms with Crippen LogP contribution in [0.2, 0.25) is 0 Å². The Bertz CT molecular complexity index is 449. The highest BCUT2D eigenvalue weighted by molar-refractivity contribution is 6.04. The number of aliphatic carboxylic acids is 1. The van der Waals surface area contributed by atoms with Crippen molar-refractivity contribution in [2.24, 2.45) is 0 Å². The molecular formula is C22H36O5. The lowest BCUT2D eigenvalue weighted by Crippen LogP contribution is -1.96. The van der Waals surface area contributed by atoms with Crippen LogP contribution in [0.4, 0.5) is 0 Å². The summed E-state index contributed by atoms with van der Waals surface area (Å²) in [5.41, 5.74) is 0. The molecule has 0 atom stereocenters. The number of carboxylic acid groups (broad SMARTS) is 1. The first-order valence-corrected chi connectivity index (χ1v) is 10.4. The molecule has 0 aliphatic carbocycles. The van der Waals surface area contributed by atoms with E-state index in [1.54, 1.807) is 0 Å². The van der Waals surface area contributed by atoms with Gasteiger partial charge in [-0.2, -0.15) is 0 Å². The van der Waals surface area contributed by atoms with E-state index in [4.69, 9.17) is 5.11 Å². The van der Waals surface area contributed by atoms with E-state index >= 15 is 0 Å². The van der Waals surface area contributed by atoms with Gasteiger partial charge in [-0.3, -0.25) is 4.79 Å². The number of hydrogen-bond donors (Lipinski definition) is 1. The van der Waals surface area contributed by atoms with Gasteiger partial charge in [0.25, 0.3) is 0 Å². The summed E-state index contributed by atoms with van der Waals surface area (Å²) >= 11 is 0. The van der Waals surface area contributed by atoms with E-state index in [1.165, 1.54) is 70.6 Å². The van der Waals surface area contributed by atoms with Crippen molar-refractivity contribution in [3.8, 4) is 0 Å². The van der Waals surface area contributed by atoms with Crippen LogP contribution in [0.3, 0.4) is 0 Å². The lowest BCUT2D eigenvalue weighted by Gasteiger charge is -1.99. The molecule has 0 bridgehead atoms. The Morgan fingerprint density at radius 1 is 0.815 bits per heavy atom. The number of carbonyl (C=O) groups excluding carboxylic acids is 2. The number of carbonyl (C=O) groups is 3. The molecule has 0 unspecified atom stereocenters. The lowest BCUT2D eigenvalue weighted by atomic mass is 10.1. The fourth-order valence-corrected chi connectivity index (χ4v) is 2.65. The molecule has 1 heterocycles. The van der Waals surface area contributed by atoms with E-state index in [-0.39, 0.29) is 0 Å². The molecular weight excluding hydrogens is 344 g/mol. The van der Waals surface area contributed by atoms with E-state index < -0.39 is 17.9 Å². The second kappa shape index (κ2) is 18.9. The van der Waals surface area contributed by atoms with Crippen LogP contribution in [0.1, 0.15) is 96.8 Å². The maximum atomic E-state index is 10.3. The lowest BCUT2D eigenvalue weighted by molar-refractivity contribution is -0.150. The van der Waals surface area contributed by atoms with Crippen LogP contribution < -0.4 is 0 Å². The summed E-state index contributed by atoms with van der Waals surface area (Å²) in [5, 5.41) is 8.51. The smallest absolute Gasteiger partial charge is 0.338 e. The SMILES string of the molecule is CCCCCCCCC=CCCCCCCCC(=O)O.O=C1C=CC(=O)O1. The van der Waals surface area contributed by atoms with E-state index in [0.29, 0.717) is 6.42 Å². The van der Waals surface area contributed by atoms with Gasteiger partial charge < -0.3 is 9.84 Å². The molecule has 0 fully saturated rings. The quantitative estimate of drug-likeness (QED) is 0.170. The molecule has 0 aromatic carbocycles. The fourth-order valence-electron chi connectivity index (χ4n) is 2.65. The van der Waals surface area contributed by atoms with Gasteiger partial charge in [0.15, 0.2) is 0 Å². The van der Waals surface area contributed by atoms with Gasteiger partial charge >= 0.3 is 17.9 Å². The van der Waals surface area contributed by atoms with Crippen LogP contribution >= 0.6 is 0 Å². The minimum Gasteiger partial charge on any atom is -0.481 e. The normalized spacial score (nSPS) is 12.9. The first kappa shape index (κ1) is 25.1. The highest BCUT2D eigenvalue weighted by atomic mass is 16.6. The van der Waals surface area contributed by atoms with Crippen molar-refractivity contribution < 1.29 is 24.2 Å². The van der Waals surface area contributed by atoms with Gasteiger partial charge in [-0.15, -0.1) is 0 Å². The maximum absolute atomic E-state index is 10.3. The number of hydrogen-bond acceptors (Lipinski definition) is 4. The van der Waals surface area contributed by atoms with Crippen LogP contribution in [-0.2, 0) is 19.1 Å². The Morgan fingerprint density at radius 2 is 1.26 bits per heavy atom. The minimum absolute atomic E-state index is 0.332. The molecule has 27 heavy (non-hydrogen) atoms. The summed E-state index contributed by atoms with van der Waals surface area (Å²) in [6.45, 7) is 2.26. The number of ether oxygens (including phenoxy) is 1. The average Bonchev–Trinajstić information content (AvgIpc) is 3.01. The number of cyclic esters (lactones) is 2. The maximum Gasteiger partial charge on any atom is 0.338 e. The van der Waals surface area contributed by atoms with E-state index in [1.807, 2.05) is 0 Å². The highest BCUT2D eigenvalue weighted by Gasteiger charge is 2.10. The summed E-state index contributed by atoms with van der Waals surface area (Å²) in [4.78, 5) is 30.2. The van der Waals surface area contributed by atoms with Crippen LogP contribution in [0.25, 0.3) is 0 Å². The van der Waals surface area contributed by atoms with Crippen molar-refractivity contribution >= 4 is 17.9 Å². The second-order valence-corrected chi connectivity index (χ2v) is 6.80. The molecule has 0 saturated heterocycles. The molecule has 0 aromatic heterocycles. The minimum atomic E-state index is -0.664. The zero-order chi connectivity index (χ0) is 20.2. The van der Waals surface area contributed by atoms with Crippen molar-refractivity contribution in [1.29, 1.82) is 0 Å². The largest absolute Gasteiger partial charge is 0.481 e. The summed E-state index contributed by atoms with van der Waals surface area (Å²) in [7, 11) is 0. The monoisotopic (exact) mass is 380 g/mol. The Balaban J connectivity index is 0.000000797. The van der Waals surface area contributed by atoms with Crippen molar-refractivity contribution in [3.63, 3.8) is 0 Å². The zero-order valence-corrected chi connectivity index (χ0v) is 16.8. The summed E-state index contributed by atoms with van der Waals surface area (Å²) in [6.07, 6.45) is 23.4. The third kappa shape index (κ3) is 20.3. The highest BCUT2D eigenvalue weighted by Crippen LogP contribution is 2.09. The number of carboxylic acids is 1. The van der Waals surface area contributed by atoms with Gasteiger partial charge in [0, 0.05) is 18.6 Å². The molecule has 0 aromatic rings. The van der Waals surface area contributed by atoms with Gasteiger partial charge in [0.05, 0.1) is 0 Å². The third-order valence-corrected chi connectivity index (χ3v) is 4.21. The van der Waals surface area contributed by atoms with Gasteiger partial charge in [0.2, 0.25) is 0 Å². The number of rotatable bonds is 15. The molecule has 1 aliphatic heterocycles. The first-order valence-electron chi connectivity index (χ1n) is 10.4. The van der Waals surface area contributed by atoms with Gasteiger partial charge in [0.1, 0.15) is 0 Å². The number of allylic oxidation sites excluding steroid dienone is 2. The third-order valence-electron chi connectivity index (χ3n) is 4.21. The van der Waals surface area contributed by atoms with E-state index in [2.05, 4.69) is 23.8 Å². The topological polar surface area (TPSA) is 80.7 Å². The van der Waals surface area contributed by atoms with Crippen molar-refractivity contribution in [3.05, 3.63) is 24.3 Å². The first-order chi connectivity index (χ1) is 13.1. The number of esters is 2. The molecule has 0 spiro atoms. The van der Waals surface area contributed by atoms with Crippen molar-refractivity contribution in [1.82, 2.24) is 0 Å². The van der Waals surface area contributed by atoms with E-state index in [0.717, 1.165) is 25.0 Å². The van der Waals surface area contributed by atoms with Crippen LogP contribution in [-0.4, -0.2) is 23.0 Å². The average molecular weight is 381 g/mol. The van der Waals surface area contributed by atoms with Crippen LogP contribution in [0.5, 0.6) is 0 Å². The number of unbranched alkanes of at least 4 members (excludes halogenated alkanes) is 11. The molecule has 154 valence electrons. The molecule has 5 heteroatoms. The van der Waals surface area contributed by atoms with E-state index in [9.17, 15) is 14.4 Å². The molecule has 0 saturated carbocycles. The van der Waals surface area contributed by atoms with Gasteiger partial charge in [-0.1, -0.05) is 70.4 Å². The molecule has 1 N–H and O–H groups in total. The van der Waals surface area contributed by atoms with Crippen molar-refractivity contribution in [2.75, 3.05) is 0 Å². The summed E-state index contributed by atoms with van der Waals surface area (Å²) < 4.78 is 3.97. The fraction of sp³-hybridized carbons (Fsp3) is 0.682. The van der Waals surface area contributed by atoms with Gasteiger partial charge in [-0.05, 0) is 32.1 Å². The van der Waals surface area contributed by atoms with Gasteiger partial charge in [-0.25, -0.2) is 9.59 Å². The summed E-state index contributed by atoms with van der Waals surface area (Å²) in [5.74, 6) is -1.82. The predicted molar refractivity (Wildman–Crippen MR) is 107 cm³/mol. The molecule has 1 rings (SSSR count). The molecule has 1 aliphatic rings.